The number of benzene rings is 1. The average molecular weight is 498 g/mol. The minimum atomic E-state index is -7.37. The Morgan fingerprint density at radius 1 is 0.839 bits per heavy atom. The summed E-state index contributed by atoms with van der Waals surface area (Å²) in [7, 11) is -4.96. The van der Waals surface area contributed by atoms with E-state index in [1.54, 1.807) is 0 Å². The second kappa shape index (κ2) is 8.05. The van der Waals surface area contributed by atoms with E-state index in [4.69, 9.17) is 0 Å². The lowest BCUT2D eigenvalue weighted by Gasteiger charge is -2.34. The summed E-state index contributed by atoms with van der Waals surface area (Å²) in [5.74, 6) is -17.4. The van der Waals surface area contributed by atoms with Crippen LogP contribution in [0.15, 0.2) is 29.2 Å². The monoisotopic (exact) mass is 498 g/mol. The van der Waals surface area contributed by atoms with E-state index >= 15 is 0 Å². The number of aryl methyl sites for hydroxylation is 1. The predicted molar refractivity (Wildman–Crippen MR) is 76.6 cm³/mol. The molecule has 0 unspecified atom stereocenters. The second-order valence-electron chi connectivity index (χ2n) is 5.66. The highest BCUT2D eigenvalue weighted by molar-refractivity contribution is 7.89. The Labute approximate surface area is 165 Å². The van der Waals surface area contributed by atoms with E-state index in [1.807, 2.05) is 4.74 Å². The van der Waals surface area contributed by atoms with Gasteiger partial charge in [0, 0.05) is 0 Å². The Balaban J connectivity index is 3.22. The third-order valence-electron chi connectivity index (χ3n) is 3.28. The first-order chi connectivity index (χ1) is 13.6. The lowest BCUT2D eigenvalue weighted by Crippen LogP contribution is -2.65. The van der Waals surface area contributed by atoms with Crippen molar-refractivity contribution in [3.63, 3.8) is 0 Å². The van der Waals surface area contributed by atoms with Crippen molar-refractivity contribution in [2.45, 2.75) is 42.1 Å². The van der Waals surface area contributed by atoms with Crippen LogP contribution in [0.3, 0.4) is 0 Å². The molecule has 178 valence electrons. The lowest BCUT2D eigenvalue weighted by atomic mass is 10.2. The van der Waals surface area contributed by atoms with E-state index in [0.29, 0.717) is 11.0 Å². The van der Waals surface area contributed by atoms with Gasteiger partial charge in [-0.05, 0) is 19.1 Å². The fourth-order valence-electron chi connectivity index (χ4n) is 1.61. The first-order valence-corrected chi connectivity index (χ1v) is 8.74. The standard InChI is InChI=1S/C13H9F11N2O4S/c1-6-2-4-7(5-3-6)31(28,29)26-25-8(27)9(14,11(17,18)19)30-13(23,24)10(15,16)12(20,21)22/h2-5,26H,1H3,(H,25,27)/t9-/m1/s1. The molecular weight excluding hydrogens is 489 g/mol. The summed E-state index contributed by atoms with van der Waals surface area (Å²) >= 11 is 0. The second-order valence-corrected chi connectivity index (χ2v) is 7.34. The molecule has 0 fully saturated rings. The van der Waals surface area contributed by atoms with E-state index in [2.05, 4.69) is 0 Å². The summed E-state index contributed by atoms with van der Waals surface area (Å²) < 4.78 is 166. The maximum atomic E-state index is 14.0. The van der Waals surface area contributed by atoms with Gasteiger partial charge in [0.25, 0.3) is 10.0 Å². The summed E-state index contributed by atoms with van der Waals surface area (Å²) in [4.78, 5) is 11.5. The molecule has 1 aromatic carbocycles. The minimum absolute atomic E-state index is 0.440. The van der Waals surface area contributed by atoms with Crippen LogP contribution in [0, 0.1) is 6.92 Å². The van der Waals surface area contributed by atoms with Crippen LogP contribution < -0.4 is 10.3 Å². The lowest BCUT2D eigenvalue weighted by molar-refractivity contribution is -0.473. The normalized spacial score (nSPS) is 16.0. The molecule has 0 bridgehead atoms. The molecule has 0 aliphatic carbocycles. The number of hydrazine groups is 1. The van der Waals surface area contributed by atoms with Gasteiger partial charge >= 0.3 is 36.1 Å². The zero-order valence-corrected chi connectivity index (χ0v) is 15.3. The number of hydrogen-bond donors (Lipinski definition) is 2. The van der Waals surface area contributed by atoms with Crippen molar-refractivity contribution in [3.8, 4) is 0 Å². The van der Waals surface area contributed by atoms with Crippen molar-refractivity contribution in [1.29, 1.82) is 0 Å². The average Bonchev–Trinajstić information content (AvgIpc) is 2.57. The maximum Gasteiger partial charge on any atom is 0.462 e. The number of sulfonamides is 1. The van der Waals surface area contributed by atoms with E-state index in [1.165, 1.54) is 6.92 Å². The van der Waals surface area contributed by atoms with Crippen molar-refractivity contribution >= 4 is 15.9 Å². The van der Waals surface area contributed by atoms with Crippen LogP contribution in [0.25, 0.3) is 0 Å². The molecule has 31 heavy (non-hydrogen) atoms. The van der Waals surface area contributed by atoms with Gasteiger partial charge in [-0.1, -0.05) is 17.7 Å². The molecule has 0 radical (unpaired) electrons. The quantitative estimate of drug-likeness (QED) is 0.447. The number of alkyl halides is 11. The molecule has 0 aliphatic rings. The van der Waals surface area contributed by atoms with Crippen LogP contribution in [0.4, 0.5) is 48.3 Å². The number of halogens is 11. The number of carbonyl (C=O) groups excluding carboxylic acids is 1. The fraction of sp³-hybridized carbons (Fsp3) is 0.462. The number of hydrogen-bond acceptors (Lipinski definition) is 4. The van der Waals surface area contributed by atoms with Gasteiger partial charge in [0.2, 0.25) is 0 Å². The molecule has 1 aromatic rings. The van der Waals surface area contributed by atoms with Crippen LogP contribution in [-0.2, 0) is 19.6 Å². The van der Waals surface area contributed by atoms with Crippen molar-refractivity contribution in [3.05, 3.63) is 29.8 Å². The van der Waals surface area contributed by atoms with Gasteiger partial charge in [-0.15, -0.1) is 4.83 Å². The summed E-state index contributed by atoms with van der Waals surface area (Å²) in [6.45, 7) is 1.49. The summed E-state index contributed by atoms with van der Waals surface area (Å²) in [5, 5.41) is 0. The van der Waals surface area contributed by atoms with E-state index in [0.717, 1.165) is 29.1 Å². The van der Waals surface area contributed by atoms with Crippen molar-refractivity contribution in [1.82, 2.24) is 10.3 Å². The number of ether oxygens (including phenoxy) is 1. The molecule has 0 aliphatic heterocycles. The van der Waals surface area contributed by atoms with Gasteiger partial charge in [-0.25, -0.2) is 8.42 Å². The van der Waals surface area contributed by atoms with E-state index in [-0.39, 0.29) is 0 Å². The molecule has 0 heterocycles. The van der Waals surface area contributed by atoms with Crippen molar-refractivity contribution in [2.24, 2.45) is 0 Å². The molecular formula is C13H9F11N2O4S. The first-order valence-electron chi connectivity index (χ1n) is 7.25. The van der Waals surface area contributed by atoms with Crippen LogP contribution >= 0.6 is 0 Å². The molecule has 1 rings (SSSR count). The molecule has 1 atom stereocenters. The Morgan fingerprint density at radius 2 is 1.29 bits per heavy atom. The molecule has 18 heteroatoms. The Bertz CT molecular complexity index is 913. The first kappa shape index (κ1) is 26.8. The predicted octanol–water partition coefficient (Wildman–Crippen LogP) is 3.34. The smallest absolute Gasteiger partial charge is 0.272 e. The van der Waals surface area contributed by atoms with Crippen LogP contribution in [0.5, 0.6) is 0 Å². The Kier molecular flexibility index (Phi) is 6.96. The molecule has 0 saturated carbocycles. The van der Waals surface area contributed by atoms with Gasteiger partial charge in [-0.2, -0.15) is 48.3 Å². The van der Waals surface area contributed by atoms with Gasteiger partial charge in [0.15, 0.2) is 0 Å². The van der Waals surface area contributed by atoms with E-state index < -0.39 is 51.1 Å². The molecule has 6 nitrogen and oxygen atoms in total. The van der Waals surface area contributed by atoms with Gasteiger partial charge in [-0.3, -0.25) is 15.0 Å². The number of carbonyl (C=O) groups is 1. The van der Waals surface area contributed by atoms with Gasteiger partial charge in [0.1, 0.15) is 0 Å². The maximum absolute atomic E-state index is 14.0. The molecule has 2 N–H and O–H groups in total. The van der Waals surface area contributed by atoms with E-state index in [9.17, 15) is 61.5 Å². The minimum Gasteiger partial charge on any atom is -0.272 e. The number of nitrogens with one attached hydrogen (secondary N) is 2. The zero-order valence-electron chi connectivity index (χ0n) is 14.5. The largest absolute Gasteiger partial charge is 0.462 e. The molecule has 0 saturated heterocycles. The summed E-state index contributed by atoms with van der Waals surface area (Å²) in [6, 6.07) is 4.00. The SMILES string of the molecule is Cc1ccc(S(=O)(=O)NNC(=O)[C@@](F)(OC(F)(F)C(F)(F)C(F)(F)F)C(F)(F)F)cc1. The molecule has 0 aromatic heterocycles. The van der Waals surface area contributed by atoms with Crippen molar-refractivity contribution < 1.29 is 66.2 Å². The summed E-state index contributed by atoms with van der Waals surface area (Å²) in [5.41, 5.74) is 0.929. The summed E-state index contributed by atoms with van der Waals surface area (Å²) in [6.07, 6.45) is -21.4. The van der Waals surface area contributed by atoms with Gasteiger partial charge in [0.05, 0.1) is 4.90 Å². The van der Waals surface area contributed by atoms with Crippen LogP contribution in [0.2, 0.25) is 0 Å². The highest BCUT2D eigenvalue weighted by Crippen LogP contribution is 2.50. The topological polar surface area (TPSA) is 84.5 Å². The Hall–Kier alpha value is -2.21. The number of rotatable bonds is 7. The molecule has 1 amide bonds. The van der Waals surface area contributed by atoms with Crippen LogP contribution in [-0.4, -0.2) is 44.6 Å². The molecule has 0 spiro atoms. The zero-order chi connectivity index (χ0) is 24.7. The third kappa shape index (κ3) is 5.35. The van der Waals surface area contributed by atoms with Gasteiger partial charge < -0.3 is 0 Å². The van der Waals surface area contributed by atoms with Crippen LogP contribution in [0.1, 0.15) is 5.56 Å². The highest BCUT2D eigenvalue weighted by Gasteiger charge is 2.79. The Morgan fingerprint density at radius 3 is 1.68 bits per heavy atom. The number of amides is 1. The third-order valence-corrected chi connectivity index (χ3v) is 4.54. The van der Waals surface area contributed by atoms with Crippen molar-refractivity contribution in [2.75, 3.05) is 0 Å². The fourth-order valence-corrected chi connectivity index (χ4v) is 2.45. The highest BCUT2D eigenvalue weighted by atomic mass is 32.2.